The molecule has 1 aromatic carbocycles. The lowest BCUT2D eigenvalue weighted by Gasteiger charge is -2.16. The Kier molecular flexibility index (Phi) is 3.63. The summed E-state index contributed by atoms with van der Waals surface area (Å²) >= 11 is 11.8. The van der Waals surface area contributed by atoms with E-state index in [0.29, 0.717) is 34.4 Å². The molecule has 112 valence electrons. The zero-order chi connectivity index (χ0) is 15.2. The zero-order valence-electron chi connectivity index (χ0n) is 10.6. The maximum Gasteiger partial charge on any atom is 0.435 e. The predicted octanol–water partition coefficient (Wildman–Crippen LogP) is 3.84. The van der Waals surface area contributed by atoms with E-state index < -0.39 is 11.9 Å². The molecule has 2 heterocycles. The van der Waals surface area contributed by atoms with Gasteiger partial charge in [0.25, 0.3) is 0 Å². The Hall–Kier alpha value is -1.24. The van der Waals surface area contributed by atoms with E-state index in [2.05, 4.69) is 10.4 Å². The van der Waals surface area contributed by atoms with E-state index >= 15 is 0 Å². The summed E-state index contributed by atoms with van der Waals surface area (Å²) in [6.45, 7) is 0.753. The Morgan fingerprint density at radius 1 is 1.14 bits per heavy atom. The van der Waals surface area contributed by atoms with Crippen LogP contribution in [0.5, 0.6) is 0 Å². The van der Waals surface area contributed by atoms with Gasteiger partial charge in [0.05, 0.1) is 11.4 Å². The molecular formula is C13H10Cl2F3N3. The summed E-state index contributed by atoms with van der Waals surface area (Å²) in [6.07, 6.45) is -4.03. The number of benzene rings is 1. The molecule has 1 aliphatic rings. The molecule has 0 amide bonds. The van der Waals surface area contributed by atoms with Gasteiger partial charge in [-0.2, -0.15) is 18.3 Å². The molecule has 0 unspecified atom stereocenters. The molecule has 0 saturated carbocycles. The Morgan fingerprint density at radius 3 is 2.43 bits per heavy atom. The number of halogens is 5. The minimum Gasteiger partial charge on any atom is -0.312 e. The van der Waals surface area contributed by atoms with E-state index in [-0.39, 0.29) is 12.1 Å². The minimum atomic E-state index is -4.49. The summed E-state index contributed by atoms with van der Waals surface area (Å²) in [4.78, 5) is 0. The Morgan fingerprint density at radius 2 is 1.81 bits per heavy atom. The second kappa shape index (κ2) is 5.19. The van der Waals surface area contributed by atoms with Gasteiger partial charge in [0, 0.05) is 35.1 Å². The van der Waals surface area contributed by atoms with Crippen molar-refractivity contribution >= 4 is 23.2 Å². The van der Waals surface area contributed by atoms with Crippen LogP contribution in [0, 0.1) is 0 Å². The molecule has 1 N–H and O–H groups in total. The second-order valence-corrected chi connectivity index (χ2v) is 5.61. The molecule has 3 nitrogen and oxygen atoms in total. The quantitative estimate of drug-likeness (QED) is 0.857. The topological polar surface area (TPSA) is 29.9 Å². The van der Waals surface area contributed by atoms with Crippen LogP contribution in [0.2, 0.25) is 10.0 Å². The molecule has 2 aromatic rings. The fraction of sp³-hybridized carbons (Fsp3) is 0.308. The van der Waals surface area contributed by atoms with Gasteiger partial charge in [-0.1, -0.05) is 23.2 Å². The van der Waals surface area contributed by atoms with Gasteiger partial charge in [-0.05, 0) is 18.2 Å². The van der Waals surface area contributed by atoms with Crippen molar-refractivity contribution in [2.75, 3.05) is 6.54 Å². The normalized spacial score (nSPS) is 15.1. The maximum absolute atomic E-state index is 13.1. The van der Waals surface area contributed by atoms with Crippen molar-refractivity contribution in [2.24, 2.45) is 0 Å². The Balaban J connectivity index is 2.21. The van der Waals surface area contributed by atoms with Gasteiger partial charge >= 0.3 is 6.18 Å². The largest absolute Gasteiger partial charge is 0.435 e. The van der Waals surface area contributed by atoms with Crippen LogP contribution in [0.3, 0.4) is 0 Å². The first-order valence-corrected chi connectivity index (χ1v) is 6.97. The SMILES string of the molecule is FC(F)(F)c1nn(-c2cc(Cl)cc(Cl)c2)c2c1CNCC2. The second-order valence-electron chi connectivity index (χ2n) is 4.74. The number of aromatic nitrogens is 2. The number of nitrogens with one attached hydrogen (secondary N) is 1. The molecule has 0 fully saturated rings. The summed E-state index contributed by atoms with van der Waals surface area (Å²) in [7, 11) is 0. The summed E-state index contributed by atoms with van der Waals surface area (Å²) in [6, 6.07) is 4.61. The minimum absolute atomic E-state index is 0.151. The van der Waals surface area contributed by atoms with E-state index in [0.717, 1.165) is 0 Å². The average Bonchev–Trinajstić information content (AvgIpc) is 2.76. The van der Waals surface area contributed by atoms with Crippen molar-refractivity contribution < 1.29 is 13.2 Å². The van der Waals surface area contributed by atoms with E-state index in [1.807, 2.05) is 0 Å². The third kappa shape index (κ3) is 2.75. The van der Waals surface area contributed by atoms with Crippen LogP contribution in [-0.4, -0.2) is 16.3 Å². The van der Waals surface area contributed by atoms with Crippen LogP contribution in [0.15, 0.2) is 18.2 Å². The summed E-state index contributed by atoms with van der Waals surface area (Å²) < 4.78 is 40.6. The molecular weight excluding hydrogens is 326 g/mol. The Labute approximate surface area is 128 Å². The van der Waals surface area contributed by atoms with Gasteiger partial charge in [0.1, 0.15) is 0 Å². The van der Waals surface area contributed by atoms with Gasteiger partial charge in [0.15, 0.2) is 5.69 Å². The molecule has 21 heavy (non-hydrogen) atoms. The predicted molar refractivity (Wildman–Crippen MR) is 74.0 cm³/mol. The molecule has 0 spiro atoms. The first kappa shape index (κ1) is 14.7. The number of fused-ring (bicyclic) bond motifs is 1. The van der Waals surface area contributed by atoms with Crippen LogP contribution in [-0.2, 0) is 19.1 Å². The third-order valence-electron chi connectivity index (χ3n) is 3.29. The summed E-state index contributed by atoms with van der Waals surface area (Å²) in [5, 5.41) is 7.39. The lowest BCUT2D eigenvalue weighted by Crippen LogP contribution is -2.25. The zero-order valence-corrected chi connectivity index (χ0v) is 12.1. The van der Waals surface area contributed by atoms with Crippen molar-refractivity contribution in [1.29, 1.82) is 0 Å². The maximum atomic E-state index is 13.1. The van der Waals surface area contributed by atoms with Crippen LogP contribution in [0.4, 0.5) is 13.2 Å². The summed E-state index contributed by atoms with van der Waals surface area (Å²) in [5.41, 5.74) is 0.297. The lowest BCUT2D eigenvalue weighted by molar-refractivity contribution is -0.142. The smallest absolute Gasteiger partial charge is 0.312 e. The van der Waals surface area contributed by atoms with Gasteiger partial charge in [-0.15, -0.1) is 0 Å². The molecule has 1 aromatic heterocycles. The van der Waals surface area contributed by atoms with Crippen molar-refractivity contribution in [1.82, 2.24) is 15.1 Å². The van der Waals surface area contributed by atoms with Gasteiger partial charge in [-0.25, -0.2) is 4.68 Å². The van der Waals surface area contributed by atoms with E-state index in [4.69, 9.17) is 23.2 Å². The van der Waals surface area contributed by atoms with Gasteiger partial charge in [0.2, 0.25) is 0 Å². The highest BCUT2D eigenvalue weighted by atomic mass is 35.5. The Bertz CT molecular complexity index is 674. The van der Waals surface area contributed by atoms with E-state index in [1.54, 1.807) is 12.1 Å². The van der Waals surface area contributed by atoms with E-state index in [9.17, 15) is 13.2 Å². The van der Waals surface area contributed by atoms with Crippen LogP contribution in [0.1, 0.15) is 17.0 Å². The molecule has 0 saturated heterocycles. The van der Waals surface area contributed by atoms with E-state index in [1.165, 1.54) is 10.7 Å². The highest BCUT2D eigenvalue weighted by Gasteiger charge is 2.39. The first-order chi connectivity index (χ1) is 9.86. The van der Waals surface area contributed by atoms with Crippen molar-refractivity contribution in [2.45, 2.75) is 19.1 Å². The number of rotatable bonds is 1. The fourth-order valence-corrected chi connectivity index (χ4v) is 2.97. The van der Waals surface area contributed by atoms with Crippen molar-refractivity contribution in [3.63, 3.8) is 0 Å². The van der Waals surface area contributed by atoms with Crippen LogP contribution < -0.4 is 5.32 Å². The van der Waals surface area contributed by atoms with Crippen LogP contribution >= 0.6 is 23.2 Å². The number of nitrogens with zero attached hydrogens (tertiary/aromatic N) is 2. The lowest BCUT2D eigenvalue weighted by atomic mass is 10.1. The number of hydrogen-bond donors (Lipinski definition) is 1. The standard InChI is InChI=1S/C13H10Cl2F3N3/c14-7-3-8(15)5-9(4-7)21-11-1-2-19-6-10(11)12(20-21)13(16,17)18/h3-5,19H,1-2,6H2. The van der Waals surface area contributed by atoms with Gasteiger partial charge in [-0.3, -0.25) is 0 Å². The molecule has 8 heteroatoms. The number of hydrogen-bond acceptors (Lipinski definition) is 2. The molecule has 1 aliphatic heterocycles. The molecule has 0 atom stereocenters. The number of alkyl halides is 3. The molecule has 3 rings (SSSR count). The molecule has 0 aliphatic carbocycles. The highest BCUT2D eigenvalue weighted by Crippen LogP contribution is 2.35. The summed E-state index contributed by atoms with van der Waals surface area (Å²) in [5.74, 6) is 0. The van der Waals surface area contributed by atoms with Crippen molar-refractivity contribution in [3.8, 4) is 5.69 Å². The average molecular weight is 336 g/mol. The van der Waals surface area contributed by atoms with Crippen molar-refractivity contribution in [3.05, 3.63) is 45.2 Å². The molecule has 0 bridgehead atoms. The highest BCUT2D eigenvalue weighted by molar-refractivity contribution is 6.34. The molecule has 0 radical (unpaired) electrons. The monoisotopic (exact) mass is 335 g/mol. The van der Waals surface area contributed by atoms with Gasteiger partial charge < -0.3 is 5.32 Å². The fourth-order valence-electron chi connectivity index (χ4n) is 2.45. The van der Waals surface area contributed by atoms with Crippen LogP contribution in [0.25, 0.3) is 5.69 Å². The third-order valence-corrected chi connectivity index (χ3v) is 3.73. The first-order valence-electron chi connectivity index (χ1n) is 6.21.